The zero-order valence-corrected chi connectivity index (χ0v) is 13.1. The molecule has 1 aromatic rings. The van der Waals surface area contributed by atoms with Crippen LogP contribution in [0.4, 0.5) is 0 Å². The van der Waals surface area contributed by atoms with Crippen LogP contribution in [0.2, 0.25) is 0 Å². The lowest BCUT2D eigenvalue weighted by atomic mass is 10.2. The summed E-state index contributed by atoms with van der Waals surface area (Å²) in [7, 11) is -3.49. The van der Waals surface area contributed by atoms with Crippen molar-refractivity contribution >= 4 is 33.1 Å². The number of hydrogen-bond acceptors (Lipinski definition) is 7. The Bertz CT molecular complexity index is 897. The van der Waals surface area contributed by atoms with Crippen LogP contribution in [-0.4, -0.2) is 37.5 Å². The Kier molecular flexibility index (Phi) is 3.95. The molecule has 2 aliphatic heterocycles. The van der Waals surface area contributed by atoms with Gasteiger partial charge in [0.15, 0.2) is 15.7 Å². The molecule has 0 N–H and O–H groups in total. The smallest absolute Gasteiger partial charge is 0.265 e. The van der Waals surface area contributed by atoms with Gasteiger partial charge in [0.25, 0.3) is 0 Å². The van der Waals surface area contributed by atoms with Crippen LogP contribution in [0.3, 0.4) is 0 Å². The lowest BCUT2D eigenvalue weighted by molar-refractivity contribution is -0.111. The normalized spacial score (nSPS) is 16.7. The minimum absolute atomic E-state index is 0.0143. The van der Waals surface area contributed by atoms with E-state index in [0.29, 0.717) is 6.42 Å². The molecule has 1 amide bonds. The standard InChI is InChI=1S/C14H13N5O3S/c1-2-3-8-23(21,22)10-7-5-4-6-9(10)12-15-13-11(14(20)16-12)17-19-18-13/h4-7H,2-3,8H2,1H3. The molecule has 118 valence electrons. The van der Waals surface area contributed by atoms with E-state index in [1.54, 1.807) is 18.2 Å². The molecule has 0 aliphatic carbocycles. The molecule has 3 rings (SSSR count). The first-order valence-corrected chi connectivity index (χ1v) is 8.71. The first kappa shape index (κ1) is 15.3. The molecule has 8 nitrogen and oxygen atoms in total. The zero-order chi connectivity index (χ0) is 16.4. The lowest BCUT2D eigenvalue weighted by Crippen LogP contribution is -2.26. The second-order valence-electron chi connectivity index (χ2n) is 4.98. The summed E-state index contributed by atoms with van der Waals surface area (Å²) in [6, 6.07) is 6.36. The van der Waals surface area contributed by atoms with Gasteiger partial charge in [-0.05, 0) is 23.8 Å². The summed E-state index contributed by atoms with van der Waals surface area (Å²) in [4.78, 5) is 20.0. The van der Waals surface area contributed by atoms with Gasteiger partial charge in [0.05, 0.1) is 10.6 Å². The largest absolute Gasteiger partial charge is 0.303 e. The van der Waals surface area contributed by atoms with Gasteiger partial charge < -0.3 is 0 Å². The lowest BCUT2D eigenvalue weighted by Gasteiger charge is -2.12. The van der Waals surface area contributed by atoms with Crippen molar-refractivity contribution in [2.75, 3.05) is 5.75 Å². The molecule has 0 saturated carbocycles. The molecular formula is C14H13N5O3S. The van der Waals surface area contributed by atoms with E-state index in [0.717, 1.165) is 6.42 Å². The molecule has 0 bridgehead atoms. The number of unbranched alkanes of at least 4 members (excludes halogenated alkanes) is 1. The van der Waals surface area contributed by atoms with E-state index < -0.39 is 15.7 Å². The van der Waals surface area contributed by atoms with Gasteiger partial charge in [-0.25, -0.2) is 13.4 Å². The predicted octanol–water partition coefficient (Wildman–Crippen LogP) is 1.77. The fourth-order valence-corrected chi connectivity index (χ4v) is 3.85. The van der Waals surface area contributed by atoms with Crippen LogP contribution in [0.1, 0.15) is 25.3 Å². The van der Waals surface area contributed by atoms with E-state index in [9.17, 15) is 13.2 Å². The van der Waals surface area contributed by atoms with Crippen molar-refractivity contribution < 1.29 is 13.2 Å². The number of hydrogen-bond donors (Lipinski definition) is 0. The Balaban J connectivity index is 2.07. The van der Waals surface area contributed by atoms with Crippen molar-refractivity contribution in [2.24, 2.45) is 25.4 Å². The number of amidine groups is 2. The Morgan fingerprint density at radius 3 is 2.65 bits per heavy atom. The second-order valence-corrected chi connectivity index (χ2v) is 7.06. The fraction of sp³-hybridized carbons (Fsp3) is 0.286. The molecule has 0 unspecified atom stereocenters. The van der Waals surface area contributed by atoms with Crippen LogP contribution >= 0.6 is 0 Å². The molecular weight excluding hydrogens is 318 g/mol. The maximum absolute atomic E-state index is 12.5. The Labute approximate surface area is 132 Å². The van der Waals surface area contributed by atoms with Crippen molar-refractivity contribution in [3.8, 4) is 0 Å². The van der Waals surface area contributed by atoms with Gasteiger partial charge in [0.2, 0.25) is 11.5 Å². The monoisotopic (exact) mass is 331 g/mol. The number of fused-ring (bicyclic) bond motifs is 1. The number of rotatable bonds is 5. The van der Waals surface area contributed by atoms with Crippen molar-refractivity contribution in [3.05, 3.63) is 29.8 Å². The quantitative estimate of drug-likeness (QED) is 0.819. The molecule has 0 radical (unpaired) electrons. The van der Waals surface area contributed by atoms with E-state index in [-0.39, 0.29) is 33.6 Å². The number of carbonyl (C=O) groups excluding carboxylic acids is 1. The van der Waals surface area contributed by atoms with Crippen LogP contribution in [-0.2, 0) is 14.6 Å². The predicted molar refractivity (Wildman–Crippen MR) is 84.7 cm³/mol. The zero-order valence-electron chi connectivity index (χ0n) is 12.3. The minimum Gasteiger partial charge on any atom is -0.265 e. The molecule has 0 saturated heterocycles. The Hall–Kier alpha value is -2.55. The third-order valence-electron chi connectivity index (χ3n) is 3.35. The Morgan fingerprint density at radius 2 is 1.87 bits per heavy atom. The number of amides is 1. The number of nitrogens with zero attached hydrogens (tertiary/aromatic N) is 5. The SMILES string of the molecule is CCCCS(=O)(=O)c1ccccc1C1=NC(=O)C2=NN=NC2=N1. The fourth-order valence-electron chi connectivity index (χ4n) is 2.18. The molecule has 0 aromatic heterocycles. The van der Waals surface area contributed by atoms with E-state index in [1.807, 2.05) is 6.92 Å². The number of carbonyl (C=O) groups is 1. The van der Waals surface area contributed by atoms with Crippen molar-refractivity contribution in [1.82, 2.24) is 0 Å². The molecule has 9 heteroatoms. The van der Waals surface area contributed by atoms with Gasteiger partial charge in [-0.3, -0.25) is 4.79 Å². The van der Waals surface area contributed by atoms with E-state index in [4.69, 9.17) is 0 Å². The second kappa shape index (κ2) is 5.92. The third kappa shape index (κ3) is 2.87. The Morgan fingerprint density at radius 1 is 1.09 bits per heavy atom. The highest BCUT2D eigenvalue weighted by Gasteiger charge is 2.30. The van der Waals surface area contributed by atoms with Crippen LogP contribution in [0.5, 0.6) is 0 Å². The molecule has 2 heterocycles. The van der Waals surface area contributed by atoms with Crippen LogP contribution in [0, 0.1) is 0 Å². The topological polar surface area (TPSA) is 113 Å². The first-order chi connectivity index (χ1) is 11.0. The van der Waals surface area contributed by atoms with E-state index in [2.05, 4.69) is 25.4 Å². The number of sulfone groups is 1. The maximum Gasteiger partial charge on any atom is 0.303 e. The van der Waals surface area contributed by atoms with E-state index in [1.165, 1.54) is 6.07 Å². The molecule has 0 atom stereocenters. The maximum atomic E-state index is 12.5. The molecule has 23 heavy (non-hydrogen) atoms. The van der Waals surface area contributed by atoms with Crippen LogP contribution in [0.15, 0.2) is 54.6 Å². The summed E-state index contributed by atoms with van der Waals surface area (Å²) in [5, 5.41) is 10.6. The molecule has 0 fully saturated rings. The first-order valence-electron chi connectivity index (χ1n) is 7.06. The van der Waals surface area contributed by atoms with Gasteiger partial charge in [0.1, 0.15) is 0 Å². The van der Waals surface area contributed by atoms with Crippen molar-refractivity contribution in [2.45, 2.75) is 24.7 Å². The third-order valence-corrected chi connectivity index (χ3v) is 5.20. The summed E-state index contributed by atoms with van der Waals surface area (Å²) >= 11 is 0. The summed E-state index contributed by atoms with van der Waals surface area (Å²) < 4.78 is 25.0. The molecule has 0 spiro atoms. The highest BCUT2D eigenvalue weighted by molar-refractivity contribution is 7.91. The number of benzene rings is 1. The van der Waals surface area contributed by atoms with Crippen molar-refractivity contribution in [3.63, 3.8) is 0 Å². The summed E-state index contributed by atoms with van der Waals surface area (Å²) in [5.41, 5.74) is 0.255. The summed E-state index contributed by atoms with van der Waals surface area (Å²) in [6.07, 6.45) is 1.32. The molecule has 2 aliphatic rings. The van der Waals surface area contributed by atoms with E-state index >= 15 is 0 Å². The van der Waals surface area contributed by atoms with Gasteiger partial charge in [-0.15, -0.1) is 10.2 Å². The van der Waals surface area contributed by atoms with Crippen LogP contribution < -0.4 is 0 Å². The highest BCUT2D eigenvalue weighted by atomic mass is 32.2. The highest BCUT2D eigenvalue weighted by Crippen LogP contribution is 2.22. The van der Waals surface area contributed by atoms with Gasteiger partial charge >= 0.3 is 5.91 Å². The summed E-state index contributed by atoms with van der Waals surface area (Å²) in [6.45, 7) is 1.92. The van der Waals surface area contributed by atoms with Gasteiger partial charge in [-0.1, -0.05) is 25.5 Å². The average molecular weight is 331 g/mol. The van der Waals surface area contributed by atoms with Gasteiger partial charge in [-0.2, -0.15) is 4.99 Å². The van der Waals surface area contributed by atoms with Crippen LogP contribution in [0.25, 0.3) is 0 Å². The van der Waals surface area contributed by atoms with Gasteiger partial charge in [0, 0.05) is 5.56 Å². The minimum atomic E-state index is -3.49. The van der Waals surface area contributed by atoms with Crippen molar-refractivity contribution in [1.29, 1.82) is 0 Å². The average Bonchev–Trinajstić information content (AvgIpc) is 3.02. The number of aliphatic imine (C=N–C) groups is 2. The molecule has 1 aromatic carbocycles. The summed E-state index contributed by atoms with van der Waals surface area (Å²) in [5.74, 6) is -0.526.